The number of carbonyl (C=O) groups excluding carboxylic acids is 1. The maximum absolute atomic E-state index is 13.5. The lowest BCUT2D eigenvalue weighted by Crippen LogP contribution is -2.40. The van der Waals surface area contributed by atoms with Gasteiger partial charge >= 0.3 is 0 Å². The van der Waals surface area contributed by atoms with Gasteiger partial charge in [0.15, 0.2) is 0 Å². The molecule has 4 aromatic rings. The Morgan fingerprint density at radius 2 is 1.79 bits per heavy atom. The fourth-order valence-corrected chi connectivity index (χ4v) is 4.58. The van der Waals surface area contributed by atoms with Gasteiger partial charge < -0.3 is 9.80 Å². The van der Waals surface area contributed by atoms with Crippen LogP contribution in [0.5, 0.6) is 0 Å². The topological polar surface area (TPSA) is 62.2 Å². The van der Waals surface area contributed by atoms with Crippen LogP contribution in [-0.4, -0.2) is 52.9 Å². The number of rotatable bonds is 4. The lowest BCUT2D eigenvalue weighted by molar-refractivity contribution is 0.0702. The molecule has 0 spiro atoms. The van der Waals surface area contributed by atoms with Gasteiger partial charge in [0.1, 0.15) is 5.69 Å². The number of carbonyl (C=O) groups is 1. The zero-order chi connectivity index (χ0) is 22.8. The molecule has 1 atom stereocenters. The molecule has 0 aliphatic carbocycles. The summed E-state index contributed by atoms with van der Waals surface area (Å²) in [6.45, 7) is 1.35. The van der Waals surface area contributed by atoms with E-state index >= 15 is 0 Å². The number of piperidine rings is 1. The summed E-state index contributed by atoms with van der Waals surface area (Å²) in [6, 6.07) is 20.1. The maximum atomic E-state index is 13.5. The van der Waals surface area contributed by atoms with Gasteiger partial charge in [-0.3, -0.25) is 9.78 Å². The monoisotopic (exact) mass is 437 g/mol. The molecule has 5 rings (SSSR count). The highest BCUT2D eigenvalue weighted by Crippen LogP contribution is 2.34. The first-order chi connectivity index (χ1) is 16.1. The van der Waals surface area contributed by atoms with Gasteiger partial charge in [-0.1, -0.05) is 54.6 Å². The molecule has 3 heterocycles. The Morgan fingerprint density at radius 3 is 2.61 bits per heavy atom. The number of pyridine rings is 1. The molecule has 2 aromatic heterocycles. The van der Waals surface area contributed by atoms with Gasteiger partial charge in [-0.2, -0.15) is 0 Å². The van der Waals surface area contributed by atoms with Crippen LogP contribution in [0.4, 0.5) is 5.95 Å². The minimum absolute atomic E-state index is 0.0142. The molecular weight excluding hydrogens is 410 g/mol. The van der Waals surface area contributed by atoms with Gasteiger partial charge in [0, 0.05) is 56.4 Å². The molecule has 1 saturated heterocycles. The molecule has 0 saturated carbocycles. The normalized spacial score (nSPS) is 16.1. The number of benzene rings is 2. The van der Waals surface area contributed by atoms with Crippen molar-refractivity contribution in [1.29, 1.82) is 0 Å². The Balaban J connectivity index is 1.50. The Hall–Kier alpha value is -3.80. The number of anilines is 1. The van der Waals surface area contributed by atoms with Crippen molar-refractivity contribution < 1.29 is 4.79 Å². The average molecular weight is 438 g/mol. The van der Waals surface area contributed by atoms with E-state index in [1.54, 1.807) is 6.20 Å². The average Bonchev–Trinajstić information content (AvgIpc) is 2.88. The first kappa shape index (κ1) is 21.1. The highest BCUT2D eigenvalue weighted by atomic mass is 16.2. The van der Waals surface area contributed by atoms with Crippen molar-refractivity contribution in [2.45, 2.75) is 18.8 Å². The number of likely N-dealkylation sites (tertiary alicyclic amines) is 1. The zero-order valence-electron chi connectivity index (χ0n) is 19.0. The van der Waals surface area contributed by atoms with E-state index in [1.807, 2.05) is 78.6 Å². The molecule has 1 unspecified atom stereocenters. The second-order valence-electron chi connectivity index (χ2n) is 8.70. The van der Waals surface area contributed by atoms with Gasteiger partial charge in [0.2, 0.25) is 5.95 Å². The number of hydrogen-bond donors (Lipinski definition) is 0. The number of aromatic nitrogens is 3. The molecule has 1 fully saturated rings. The van der Waals surface area contributed by atoms with E-state index in [0.29, 0.717) is 18.2 Å². The Bertz CT molecular complexity index is 1280. The third kappa shape index (κ3) is 4.16. The highest BCUT2D eigenvalue weighted by Gasteiger charge is 2.30. The van der Waals surface area contributed by atoms with E-state index in [1.165, 1.54) is 0 Å². The second-order valence-corrected chi connectivity index (χ2v) is 8.70. The summed E-state index contributed by atoms with van der Waals surface area (Å²) in [4.78, 5) is 31.4. The number of fused-ring (bicyclic) bond motifs is 1. The third-order valence-corrected chi connectivity index (χ3v) is 6.26. The van der Waals surface area contributed by atoms with Gasteiger partial charge in [-0.25, -0.2) is 9.97 Å². The molecule has 2 aromatic carbocycles. The summed E-state index contributed by atoms with van der Waals surface area (Å²) in [5, 5.41) is 1.93. The van der Waals surface area contributed by atoms with Gasteiger partial charge in [-0.05, 0) is 29.9 Å². The van der Waals surface area contributed by atoms with E-state index in [4.69, 9.17) is 4.98 Å². The van der Waals surface area contributed by atoms with Crippen molar-refractivity contribution in [2.24, 2.45) is 0 Å². The lowest BCUT2D eigenvalue weighted by atomic mass is 9.89. The van der Waals surface area contributed by atoms with Crippen molar-refractivity contribution in [1.82, 2.24) is 19.9 Å². The highest BCUT2D eigenvalue weighted by molar-refractivity contribution is 6.05. The van der Waals surface area contributed by atoms with Gasteiger partial charge in [0.25, 0.3) is 5.91 Å². The third-order valence-electron chi connectivity index (χ3n) is 6.26. The molecular formula is C27H27N5O. The molecule has 6 nitrogen and oxygen atoms in total. The van der Waals surface area contributed by atoms with Crippen LogP contribution in [0, 0.1) is 0 Å². The first-order valence-corrected chi connectivity index (χ1v) is 11.3. The minimum atomic E-state index is -0.0142. The quantitative estimate of drug-likeness (QED) is 0.460. The Labute approximate surface area is 193 Å². The van der Waals surface area contributed by atoms with E-state index < -0.39 is 0 Å². The largest absolute Gasteiger partial charge is 0.347 e. The van der Waals surface area contributed by atoms with Crippen LogP contribution < -0.4 is 4.90 Å². The molecule has 6 heteroatoms. The first-order valence-electron chi connectivity index (χ1n) is 11.3. The zero-order valence-corrected chi connectivity index (χ0v) is 19.0. The lowest BCUT2D eigenvalue weighted by Gasteiger charge is -2.33. The fraction of sp³-hybridized carbons (Fsp3) is 0.259. The number of amides is 1. The summed E-state index contributed by atoms with van der Waals surface area (Å²) < 4.78 is 0. The predicted molar refractivity (Wildman–Crippen MR) is 131 cm³/mol. The van der Waals surface area contributed by atoms with Crippen molar-refractivity contribution in [2.75, 3.05) is 32.1 Å². The number of nitrogens with zero attached hydrogens (tertiary/aromatic N) is 5. The van der Waals surface area contributed by atoms with Crippen LogP contribution >= 0.6 is 0 Å². The van der Waals surface area contributed by atoms with Crippen LogP contribution in [0.1, 0.15) is 34.9 Å². The van der Waals surface area contributed by atoms with Crippen molar-refractivity contribution in [3.05, 3.63) is 84.4 Å². The van der Waals surface area contributed by atoms with Crippen molar-refractivity contribution >= 4 is 22.6 Å². The molecule has 0 radical (unpaired) electrons. The smallest absolute Gasteiger partial charge is 0.273 e. The van der Waals surface area contributed by atoms with Crippen molar-refractivity contribution in [3.8, 4) is 11.1 Å². The maximum Gasteiger partial charge on any atom is 0.273 e. The summed E-state index contributed by atoms with van der Waals surface area (Å²) in [6.07, 6.45) is 5.55. The van der Waals surface area contributed by atoms with Crippen LogP contribution in [0.25, 0.3) is 21.9 Å². The van der Waals surface area contributed by atoms with E-state index in [2.05, 4.69) is 22.1 Å². The predicted octanol–water partition coefficient (Wildman–Crippen LogP) is 4.78. The SMILES string of the molecule is CN(C)c1ncc(-c2ccccc2)c(C2CCCN(C(=O)c3nccc4ccccc34)C2)n1. The van der Waals surface area contributed by atoms with Gasteiger partial charge in [0.05, 0.1) is 5.69 Å². The van der Waals surface area contributed by atoms with Gasteiger partial charge in [-0.15, -0.1) is 0 Å². The van der Waals surface area contributed by atoms with E-state index in [0.717, 1.165) is 47.0 Å². The summed E-state index contributed by atoms with van der Waals surface area (Å²) in [7, 11) is 3.90. The number of hydrogen-bond acceptors (Lipinski definition) is 5. The van der Waals surface area contributed by atoms with Crippen LogP contribution in [-0.2, 0) is 0 Å². The summed E-state index contributed by atoms with van der Waals surface area (Å²) in [5.41, 5.74) is 3.65. The summed E-state index contributed by atoms with van der Waals surface area (Å²) in [5.74, 6) is 0.804. The summed E-state index contributed by atoms with van der Waals surface area (Å²) >= 11 is 0. The van der Waals surface area contributed by atoms with Crippen LogP contribution in [0.15, 0.2) is 73.1 Å². The van der Waals surface area contributed by atoms with Crippen molar-refractivity contribution in [3.63, 3.8) is 0 Å². The second kappa shape index (κ2) is 8.98. The van der Waals surface area contributed by atoms with Crippen LogP contribution in [0.3, 0.4) is 0 Å². The minimum Gasteiger partial charge on any atom is -0.347 e. The Kier molecular flexibility index (Phi) is 5.73. The molecule has 1 aliphatic rings. The molecule has 0 N–H and O–H groups in total. The molecule has 1 aliphatic heterocycles. The fourth-order valence-electron chi connectivity index (χ4n) is 4.58. The van der Waals surface area contributed by atoms with Crippen LogP contribution in [0.2, 0.25) is 0 Å². The standard InChI is InChI=1S/C27H27N5O/c1-31(2)27-29-17-23(19-9-4-3-5-10-19)24(30-27)21-12-8-16-32(18-21)26(33)25-22-13-7-6-11-20(22)14-15-28-25/h3-7,9-11,13-15,17,21H,8,12,16,18H2,1-2H3. The van der Waals surface area contributed by atoms with E-state index in [-0.39, 0.29) is 11.8 Å². The molecule has 0 bridgehead atoms. The molecule has 1 amide bonds. The molecule has 33 heavy (non-hydrogen) atoms. The Morgan fingerprint density at radius 1 is 1.00 bits per heavy atom. The van der Waals surface area contributed by atoms with E-state index in [9.17, 15) is 4.79 Å². The molecule has 166 valence electrons.